The Kier molecular flexibility index (Phi) is 10.7. The highest BCUT2D eigenvalue weighted by atomic mass is 16.7. The van der Waals surface area contributed by atoms with Crippen LogP contribution in [0.1, 0.15) is 33.6 Å². The van der Waals surface area contributed by atoms with Crippen molar-refractivity contribution >= 4 is 17.9 Å². The third kappa shape index (κ3) is 9.02. The van der Waals surface area contributed by atoms with Crippen LogP contribution >= 0.6 is 0 Å². The normalized spacial score (nSPS) is 10.1. The van der Waals surface area contributed by atoms with Gasteiger partial charge in [-0.3, -0.25) is 0 Å². The van der Waals surface area contributed by atoms with Crippen LogP contribution in [-0.2, 0) is 14.3 Å². The molecule has 0 saturated heterocycles. The monoisotopic (exact) mass is 520 g/mol. The molecule has 198 valence electrons. The number of methoxy groups -OCH3 is 1. The largest absolute Gasteiger partial charge is 0.494 e. The molecule has 0 fully saturated rings. The quantitative estimate of drug-likeness (QED) is 0.0955. The molecule has 0 radical (unpaired) electrons. The van der Waals surface area contributed by atoms with Gasteiger partial charge in [0, 0.05) is 6.08 Å². The van der Waals surface area contributed by atoms with Crippen molar-refractivity contribution in [2.24, 2.45) is 0 Å². The number of hydrogen-bond acceptors (Lipinski definition) is 9. The van der Waals surface area contributed by atoms with E-state index < -0.39 is 17.9 Å². The van der Waals surface area contributed by atoms with Gasteiger partial charge in [0.25, 0.3) is 0 Å². The van der Waals surface area contributed by atoms with E-state index in [4.69, 9.17) is 23.7 Å². The highest BCUT2D eigenvalue weighted by Gasteiger charge is 2.10. The van der Waals surface area contributed by atoms with Crippen molar-refractivity contribution in [2.75, 3.05) is 27.1 Å². The molecule has 0 aliphatic rings. The molecule has 0 saturated carbocycles. The highest BCUT2D eigenvalue weighted by Crippen LogP contribution is 2.21. The Hall–Kier alpha value is -4.79. The maximum absolute atomic E-state index is 12.5. The van der Waals surface area contributed by atoms with E-state index in [1.807, 2.05) is 0 Å². The van der Waals surface area contributed by atoms with Gasteiger partial charge in [-0.25, -0.2) is 14.4 Å². The van der Waals surface area contributed by atoms with Crippen molar-refractivity contribution in [1.29, 1.82) is 0 Å². The van der Waals surface area contributed by atoms with E-state index in [-0.39, 0.29) is 6.79 Å². The molecular formula is C29H28O9. The second kappa shape index (κ2) is 14.7. The SMILES string of the molecule is C=CC(=O)OCCCCOc1ccc(C(=O)Oc2ccc(OCOc3cccc(C(=O)OC)c3)cc2)cc1. The zero-order chi connectivity index (χ0) is 27.2. The van der Waals surface area contributed by atoms with Crippen LogP contribution in [0.4, 0.5) is 0 Å². The lowest BCUT2D eigenvalue weighted by molar-refractivity contribution is -0.137. The third-order valence-electron chi connectivity index (χ3n) is 5.05. The fourth-order valence-corrected chi connectivity index (χ4v) is 3.08. The van der Waals surface area contributed by atoms with Crippen molar-refractivity contribution in [3.63, 3.8) is 0 Å². The number of hydrogen-bond donors (Lipinski definition) is 0. The van der Waals surface area contributed by atoms with E-state index in [1.165, 1.54) is 7.11 Å². The molecule has 0 heterocycles. The van der Waals surface area contributed by atoms with Gasteiger partial charge in [-0.1, -0.05) is 12.6 Å². The highest BCUT2D eigenvalue weighted by molar-refractivity contribution is 5.91. The first-order valence-electron chi connectivity index (χ1n) is 11.8. The van der Waals surface area contributed by atoms with Crippen LogP contribution in [0.3, 0.4) is 0 Å². The van der Waals surface area contributed by atoms with E-state index in [9.17, 15) is 14.4 Å². The summed E-state index contributed by atoms with van der Waals surface area (Å²) in [5.74, 6) is 0.530. The molecule has 9 heteroatoms. The number of carbonyl (C=O) groups excluding carboxylic acids is 3. The van der Waals surface area contributed by atoms with Gasteiger partial charge in [0.2, 0.25) is 6.79 Å². The van der Waals surface area contributed by atoms with Crippen LogP contribution in [-0.4, -0.2) is 45.0 Å². The van der Waals surface area contributed by atoms with E-state index in [2.05, 4.69) is 11.3 Å². The molecule has 0 aliphatic carbocycles. The maximum atomic E-state index is 12.5. The lowest BCUT2D eigenvalue weighted by atomic mass is 10.2. The maximum Gasteiger partial charge on any atom is 0.343 e. The Morgan fingerprint density at radius 2 is 1.34 bits per heavy atom. The van der Waals surface area contributed by atoms with E-state index in [0.717, 1.165) is 6.08 Å². The average molecular weight is 521 g/mol. The molecule has 0 atom stereocenters. The van der Waals surface area contributed by atoms with E-state index in [1.54, 1.807) is 72.8 Å². The smallest absolute Gasteiger partial charge is 0.343 e. The Bertz CT molecular complexity index is 1220. The fraction of sp³-hybridized carbons (Fsp3) is 0.207. The van der Waals surface area contributed by atoms with Gasteiger partial charge in [-0.15, -0.1) is 0 Å². The van der Waals surface area contributed by atoms with Crippen LogP contribution in [0, 0.1) is 0 Å². The molecule has 0 aliphatic heterocycles. The number of carbonyl (C=O) groups is 3. The molecule has 0 spiro atoms. The molecule has 0 N–H and O–H groups in total. The second-order valence-corrected chi connectivity index (χ2v) is 7.74. The first-order chi connectivity index (χ1) is 18.5. The molecule has 0 aromatic heterocycles. The second-order valence-electron chi connectivity index (χ2n) is 7.74. The van der Waals surface area contributed by atoms with Crippen molar-refractivity contribution in [3.8, 4) is 23.0 Å². The predicted molar refractivity (Wildman–Crippen MR) is 138 cm³/mol. The van der Waals surface area contributed by atoms with Crippen LogP contribution in [0.25, 0.3) is 0 Å². The number of benzene rings is 3. The molecule has 3 aromatic carbocycles. The predicted octanol–water partition coefficient (Wildman–Crippen LogP) is 5.00. The van der Waals surface area contributed by atoms with Crippen LogP contribution in [0.5, 0.6) is 23.0 Å². The van der Waals surface area contributed by atoms with Crippen molar-refractivity contribution < 1.29 is 42.8 Å². The summed E-state index contributed by atoms with van der Waals surface area (Å²) in [4.78, 5) is 35.0. The topological polar surface area (TPSA) is 107 Å². The van der Waals surface area contributed by atoms with E-state index >= 15 is 0 Å². The Labute approximate surface area is 220 Å². The third-order valence-corrected chi connectivity index (χ3v) is 5.05. The van der Waals surface area contributed by atoms with Crippen LogP contribution in [0.2, 0.25) is 0 Å². The van der Waals surface area contributed by atoms with Crippen molar-refractivity contribution in [3.05, 3.63) is 96.6 Å². The van der Waals surface area contributed by atoms with Crippen molar-refractivity contribution in [1.82, 2.24) is 0 Å². The average Bonchev–Trinajstić information content (AvgIpc) is 2.95. The number of esters is 3. The van der Waals surface area contributed by atoms with Crippen molar-refractivity contribution in [2.45, 2.75) is 12.8 Å². The summed E-state index contributed by atoms with van der Waals surface area (Å²) in [5.41, 5.74) is 0.746. The molecule has 3 rings (SSSR count). The van der Waals surface area contributed by atoms with Gasteiger partial charge in [-0.05, 0) is 79.6 Å². The summed E-state index contributed by atoms with van der Waals surface area (Å²) in [7, 11) is 1.31. The molecule has 0 amide bonds. The van der Waals surface area contributed by atoms with Gasteiger partial charge >= 0.3 is 17.9 Å². The Morgan fingerprint density at radius 3 is 2.05 bits per heavy atom. The summed E-state index contributed by atoms with van der Waals surface area (Å²) in [6.07, 6.45) is 2.51. The minimum Gasteiger partial charge on any atom is -0.494 e. The van der Waals surface area contributed by atoms with E-state index in [0.29, 0.717) is 60.2 Å². The molecule has 9 nitrogen and oxygen atoms in total. The summed E-state index contributed by atoms with van der Waals surface area (Å²) in [6, 6.07) is 19.7. The summed E-state index contributed by atoms with van der Waals surface area (Å²) in [5, 5.41) is 0. The Balaban J connectivity index is 1.39. The zero-order valence-electron chi connectivity index (χ0n) is 20.9. The molecule has 3 aromatic rings. The summed E-state index contributed by atoms with van der Waals surface area (Å²) in [6.45, 7) is 4.02. The minimum absolute atomic E-state index is 0.0824. The fourth-order valence-electron chi connectivity index (χ4n) is 3.08. The van der Waals surface area contributed by atoms with Gasteiger partial charge < -0.3 is 28.4 Å². The molecular weight excluding hydrogens is 492 g/mol. The van der Waals surface area contributed by atoms with Gasteiger partial charge in [0.1, 0.15) is 23.0 Å². The number of unbranched alkanes of at least 4 members (excludes halogenated alkanes) is 1. The van der Waals surface area contributed by atoms with Gasteiger partial charge in [0.15, 0.2) is 0 Å². The first kappa shape index (κ1) is 27.8. The molecule has 0 bridgehead atoms. The molecule has 0 unspecified atom stereocenters. The number of ether oxygens (including phenoxy) is 6. The summed E-state index contributed by atoms with van der Waals surface area (Å²) >= 11 is 0. The van der Waals surface area contributed by atoms with Crippen LogP contribution < -0.4 is 18.9 Å². The minimum atomic E-state index is -0.511. The Morgan fingerprint density at radius 1 is 0.711 bits per heavy atom. The van der Waals surface area contributed by atoms with Gasteiger partial charge in [-0.2, -0.15) is 0 Å². The van der Waals surface area contributed by atoms with Gasteiger partial charge in [0.05, 0.1) is 31.5 Å². The number of rotatable bonds is 14. The standard InChI is InChI=1S/C29H28O9/c1-3-27(30)35-18-5-4-17-34-23-11-9-21(10-12-23)29(32)38-25-15-13-24(14-16-25)36-20-37-26-8-6-7-22(19-26)28(31)33-2/h3,6-16,19H,1,4-5,17-18,20H2,2H3. The summed E-state index contributed by atoms with van der Waals surface area (Å²) < 4.78 is 31.7. The zero-order valence-corrected chi connectivity index (χ0v) is 20.9. The lowest BCUT2D eigenvalue weighted by Crippen LogP contribution is -2.09. The molecule has 38 heavy (non-hydrogen) atoms. The first-order valence-corrected chi connectivity index (χ1v) is 11.8. The van der Waals surface area contributed by atoms with Crippen LogP contribution in [0.15, 0.2) is 85.5 Å². The lowest BCUT2D eigenvalue weighted by Gasteiger charge is -2.10.